The molecular formula is C24H21NO5Si. The molecule has 31 heavy (non-hydrogen) atoms. The molecule has 0 heterocycles. The van der Waals surface area contributed by atoms with Gasteiger partial charge in [-0.15, -0.1) is 0 Å². The smallest absolute Gasteiger partial charge is 0.478 e. The quantitative estimate of drug-likeness (QED) is 0.223. The van der Waals surface area contributed by atoms with Gasteiger partial charge in [-0.1, -0.05) is 66.7 Å². The van der Waals surface area contributed by atoms with E-state index in [1.54, 1.807) is 84.9 Å². The van der Waals surface area contributed by atoms with E-state index in [9.17, 15) is 14.4 Å². The maximum Gasteiger partial charge on any atom is 0.500 e. The standard InChI is InChI=1S/C24H21NO5Si/c26-19-25-17-10-18-31(22-15-8-3-9-16-22,29-23(27)20-11-4-1-5-12-20)30-24(28)21-13-6-2-7-14-21/h1-9,11-16H,10,17-18H2. The maximum absolute atomic E-state index is 13.0. The zero-order valence-electron chi connectivity index (χ0n) is 16.8. The second-order valence-electron chi connectivity index (χ2n) is 6.71. The highest BCUT2D eigenvalue weighted by molar-refractivity contribution is 6.83. The van der Waals surface area contributed by atoms with Crippen LogP contribution in [0.15, 0.2) is 96.0 Å². The summed E-state index contributed by atoms with van der Waals surface area (Å²) in [5.74, 6) is -1.15. The molecule has 0 N–H and O–H groups in total. The number of carbonyl (C=O) groups is 2. The minimum absolute atomic E-state index is 0.191. The van der Waals surface area contributed by atoms with Crippen LogP contribution in [0.3, 0.4) is 0 Å². The molecule has 0 unspecified atom stereocenters. The van der Waals surface area contributed by atoms with Crippen molar-refractivity contribution in [1.29, 1.82) is 0 Å². The second-order valence-corrected chi connectivity index (χ2v) is 9.70. The molecule has 0 aliphatic rings. The molecule has 0 aliphatic carbocycles. The van der Waals surface area contributed by atoms with Gasteiger partial charge in [0, 0.05) is 11.2 Å². The molecule has 156 valence electrons. The van der Waals surface area contributed by atoms with Gasteiger partial charge in [0.15, 0.2) is 0 Å². The number of nitrogens with zero attached hydrogens (tertiary/aromatic N) is 1. The lowest BCUT2D eigenvalue weighted by atomic mass is 10.2. The molecule has 0 radical (unpaired) electrons. The van der Waals surface area contributed by atoms with Gasteiger partial charge in [-0.2, -0.15) is 0 Å². The van der Waals surface area contributed by atoms with Crippen LogP contribution in [0.1, 0.15) is 27.1 Å². The van der Waals surface area contributed by atoms with Gasteiger partial charge < -0.3 is 8.85 Å². The third-order valence-corrected chi connectivity index (χ3v) is 7.84. The molecule has 0 atom stereocenters. The van der Waals surface area contributed by atoms with Crippen LogP contribution in [0.2, 0.25) is 6.04 Å². The fraction of sp³-hybridized carbons (Fsp3) is 0.125. The molecule has 0 saturated heterocycles. The van der Waals surface area contributed by atoms with E-state index < -0.39 is 20.5 Å². The monoisotopic (exact) mass is 431 g/mol. The van der Waals surface area contributed by atoms with Crippen LogP contribution < -0.4 is 5.19 Å². The van der Waals surface area contributed by atoms with Crippen LogP contribution in [-0.2, 0) is 13.6 Å². The molecule has 0 spiro atoms. The Morgan fingerprint density at radius 2 is 1.19 bits per heavy atom. The Balaban J connectivity index is 2.00. The number of carbonyl (C=O) groups excluding carboxylic acids is 3. The summed E-state index contributed by atoms with van der Waals surface area (Å²) in [7, 11) is -3.60. The van der Waals surface area contributed by atoms with E-state index >= 15 is 0 Å². The summed E-state index contributed by atoms with van der Waals surface area (Å²) in [6.07, 6.45) is 1.89. The van der Waals surface area contributed by atoms with Gasteiger partial charge in [-0.05, 0) is 30.7 Å². The fourth-order valence-corrected chi connectivity index (χ4v) is 6.01. The highest BCUT2D eigenvalue weighted by Crippen LogP contribution is 2.21. The highest BCUT2D eigenvalue weighted by atomic mass is 28.4. The molecule has 3 aromatic carbocycles. The third kappa shape index (κ3) is 5.85. The van der Waals surface area contributed by atoms with Gasteiger partial charge in [-0.3, -0.25) is 0 Å². The first-order valence-corrected chi connectivity index (χ1v) is 11.8. The Labute approximate surface area is 181 Å². The number of rotatable bonds is 9. The first kappa shape index (κ1) is 21.9. The summed E-state index contributed by atoms with van der Waals surface area (Å²) in [6, 6.07) is 26.3. The minimum atomic E-state index is -3.60. The first-order chi connectivity index (χ1) is 15.1. The summed E-state index contributed by atoms with van der Waals surface area (Å²) >= 11 is 0. The largest absolute Gasteiger partial charge is 0.500 e. The lowest BCUT2D eigenvalue weighted by Crippen LogP contribution is -2.56. The Hall–Kier alpha value is -3.80. The molecule has 7 heteroatoms. The third-order valence-electron chi connectivity index (χ3n) is 4.59. The molecule has 0 aliphatic heterocycles. The van der Waals surface area contributed by atoms with Crippen molar-refractivity contribution in [2.24, 2.45) is 4.99 Å². The summed E-state index contributed by atoms with van der Waals surface area (Å²) in [5, 5.41) is 0.638. The molecule has 3 aromatic rings. The molecule has 6 nitrogen and oxygen atoms in total. The molecular weight excluding hydrogens is 410 g/mol. The van der Waals surface area contributed by atoms with E-state index in [-0.39, 0.29) is 12.6 Å². The predicted octanol–water partition coefficient (Wildman–Crippen LogP) is 3.78. The van der Waals surface area contributed by atoms with Crippen LogP contribution in [-0.4, -0.2) is 33.1 Å². The molecule has 0 saturated carbocycles. The van der Waals surface area contributed by atoms with Crippen molar-refractivity contribution in [3.63, 3.8) is 0 Å². The van der Waals surface area contributed by atoms with Crippen molar-refractivity contribution in [2.75, 3.05) is 6.54 Å². The van der Waals surface area contributed by atoms with E-state index in [0.29, 0.717) is 22.7 Å². The zero-order valence-corrected chi connectivity index (χ0v) is 17.8. The van der Waals surface area contributed by atoms with Gasteiger partial charge in [0.05, 0.1) is 17.7 Å². The Bertz CT molecular complexity index is 998. The predicted molar refractivity (Wildman–Crippen MR) is 118 cm³/mol. The van der Waals surface area contributed by atoms with Gasteiger partial charge in [0.2, 0.25) is 6.08 Å². The van der Waals surface area contributed by atoms with Crippen LogP contribution >= 0.6 is 0 Å². The minimum Gasteiger partial charge on any atom is -0.478 e. The average molecular weight is 432 g/mol. The summed E-state index contributed by atoms with van der Waals surface area (Å²) in [4.78, 5) is 40.0. The van der Waals surface area contributed by atoms with Gasteiger partial charge in [-0.25, -0.2) is 19.4 Å². The summed E-state index contributed by atoms with van der Waals surface area (Å²) < 4.78 is 12.0. The number of hydrogen-bond donors (Lipinski definition) is 0. The molecule has 0 bridgehead atoms. The van der Waals surface area contributed by atoms with Gasteiger partial charge in [0.25, 0.3) is 0 Å². The van der Waals surface area contributed by atoms with Gasteiger partial charge in [0.1, 0.15) is 0 Å². The number of aliphatic imine (C=N–C) groups is 1. The highest BCUT2D eigenvalue weighted by Gasteiger charge is 2.47. The van der Waals surface area contributed by atoms with E-state index in [2.05, 4.69) is 4.99 Å². The Morgan fingerprint density at radius 1 is 0.742 bits per heavy atom. The lowest BCUT2D eigenvalue weighted by Gasteiger charge is -2.30. The second kappa shape index (κ2) is 10.8. The van der Waals surface area contributed by atoms with E-state index in [0.717, 1.165) is 0 Å². The van der Waals surface area contributed by atoms with Crippen molar-refractivity contribution < 1.29 is 23.2 Å². The molecule has 3 rings (SSSR count). The van der Waals surface area contributed by atoms with Crippen molar-refractivity contribution in [1.82, 2.24) is 0 Å². The van der Waals surface area contributed by atoms with E-state index in [1.165, 1.54) is 6.08 Å². The lowest BCUT2D eigenvalue weighted by molar-refractivity contribution is 0.0577. The molecule has 0 aromatic heterocycles. The fourth-order valence-electron chi connectivity index (χ4n) is 3.08. The summed E-state index contributed by atoms with van der Waals surface area (Å²) in [6.45, 7) is 0.191. The normalized spacial score (nSPS) is 10.6. The maximum atomic E-state index is 13.0. The van der Waals surface area contributed by atoms with Crippen LogP contribution in [0.4, 0.5) is 0 Å². The number of hydrogen-bond acceptors (Lipinski definition) is 6. The van der Waals surface area contributed by atoms with Crippen molar-refractivity contribution in [2.45, 2.75) is 12.5 Å². The number of isocyanates is 1. The van der Waals surface area contributed by atoms with Crippen molar-refractivity contribution in [3.8, 4) is 0 Å². The zero-order chi connectivity index (χ0) is 21.9. The molecule has 0 fully saturated rings. The van der Waals surface area contributed by atoms with Gasteiger partial charge >= 0.3 is 20.5 Å². The van der Waals surface area contributed by atoms with E-state index in [4.69, 9.17) is 8.85 Å². The van der Waals surface area contributed by atoms with Crippen molar-refractivity contribution in [3.05, 3.63) is 102 Å². The molecule has 0 amide bonds. The van der Waals surface area contributed by atoms with Crippen LogP contribution in [0.25, 0.3) is 0 Å². The summed E-state index contributed by atoms with van der Waals surface area (Å²) in [5.41, 5.74) is 0.717. The topological polar surface area (TPSA) is 82.0 Å². The van der Waals surface area contributed by atoms with Crippen molar-refractivity contribution >= 4 is 31.8 Å². The Morgan fingerprint density at radius 3 is 1.65 bits per heavy atom. The van der Waals surface area contributed by atoms with Crippen LogP contribution in [0, 0.1) is 0 Å². The van der Waals surface area contributed by atoms with Crippen LogP contribution in [0.5, 0.6) is 0 Å². The SMILES string of the molecule is O=C=NCCC[Si](OC(=O)c1ccccc1)(OC(=O)c1ccccc1)c1ccccc1. The first-order valence-electron chi connectivity index (χ1n) is 9.80. The van der Waals surface area contributed by atoms with E-state index in [1.807, 2.05) is 6.07 Å². The number of benzene rings is 3. The Kier molecular flexibility index (Phi) is 7.65. The average Bonchev–Trinajstić information content (AvgIpc) is 2.83.